The lowest BCUT2D eigenvalue weighted by molar-refractivity contribution is 0.0697. The number of carbonyl (C=O) groups is 1. The van der Waals surface area contributed by atoms with E-state index in [-0.39, 0.29) is 23.0 Å². The van der Waals surface area contributed by atoms with Gasteiger partial charge < -0.3 is 15.1 Å². The number of pyridine rings is 1. The van der Waals surface area contributed by atoms with E-state index in [1.165, 1.54) is 16.7 Å². The number of hydrogen-bond acceptors (Lipinski definition) is 6. The number of carboxylic acid groups (broad SMARTS) is 1. The lowest BCUT2D eigenvalue weighted by Gasteiger charge is -2.22. The third-order valence-electron chi connectivity index (χ3n) is 7.23. The van der Waals surface area contributed by atoms with Crippen molar-refractivity contribution in [2.75, 3.05) is 33.7 Å². The summed E-state index contributed by atoms with van der Waals surface area (Å²) >= 11 is 0. The predicted molar refractivity (Wildman–Crippen MR) is 151 cm³/mol. The van der Waals surface area contributed by atoms with Crippen LogP contribution in [0.3, 0.4) is 0 Å². The summed E-state index contributed by atoms with van der Waals surface area (Å²) in [6, 6.07) is 15.0. The first-order valence-electron chi connectivity index (χ1n) is 12.6. The Morgan fingerprint density at radius 1 is 1.21 bits per heavy atom. The van der Waals surface area contributed by atoms with Crippen LogP contribution in [-0.4, -0.2) is 79.7 Å². The molecule has 1 atom stereocenters. The molecule has 2 aromatic heterocycles. The highest BCUT2D eigenvalue weighted by atomic mass is 16.4. The maximum Gasteiger partial charge on any atom is 0.335 e. The maximum atomic E-state index is 13.9. The molecule has 3 heterocycles. The molecule has 0 aliphatic carbocycles. The van der Waals surface area contributed by atoms with Crippen molar-refractivity contribution in [1.29, 1.82) is 0 Å². The Labute approximate surface area is 225 Å². The van der Waals surface area contributed by atoms with E-state index >= 15 is 0 Å². The van der Waals surface area contributed by atoms with Gasteiger partial charge in [-0.25, -0.2) is 14.6 Å². The summed E-state index contributed by atoms with van der Waals surface area (Å²) in [6.45, 7) is 5.93. The van der Waals surface area contributed by atoms with Gasteiger partial charge in [0.25, 0.3) is 0 Å². The molecule has 1 unspecified atom stereocenters. The van der Waals surface area contributed by atoms with E-state index in [9.17, 15) is 14.7 Å². The zero-order valence-corrected chi connectivity index (χ0v) is 21.9. The van der Waals surface area contributed by atoms with Gasteiger partial charge in [0.2, 0.25) is 0 Å². The standard InChI is InChI=1S/C29H30N6O4/c1-4-32(3)26(30-2)18-33-15-13-22(17-33)34-27-24(6-5-14-31-27)35(29(34)39)23-12-11-21(16-25(23)36)19-7-9-20(10-8-19)28(37)38/h4-12,14,16,22,36H,1,13,15,17-18H2,2-3H3,(H,37,38). The number of aromatic hydroxyl groups is 1. The molecule has 1 fully saturated rings. The number of aromatic carboxylic acids is 1. The zero-order valence-electron chi connectivity index (χ0n) is 21.9. The molecule has 2 N–H and O–H groups in total. The molecule has 1 aliphatic heterocycles. The SMILES string of the molecule is C=CN(C)C(CN1CCC(n2c(=O)n(-c3ccc(-c4ccc(C(=O)O)cc4)cc3O)c3cccnc32)C1)=NC. The number of amidine groups is 1. The summed E-state index contributed by atoms with van der Waals surface area (Å²) in [6.07, 6.45) is 4.17. The third kappa shape index (κ3) is 4.82. The maximum absolute atomic E-state index is 13.9. The Kier molecular flexibility index (Phi) is 7.03. The molecule has 39 heavy (non-hydrogen) atoms. The van der Waals surface area contributed by atoms with Gasteiger partial charge in [-0.2, -0.15) is 0 Å². The molecule has 0 amide bonds. The van der Waals surface area contributed by atoms with Crippen molar-refractivity contribution in [1.82, 2.24) is 23.9 Å². The predicted octanol–water partition coefficient (Wildman–Crippen LogP) is 3.61. The molecule has 5 rings (SSSR count). The smallest absolute Gasteiger partial charge is 0.335 e. The van der Waals surface area contributed by atoms with Gasteiger partial charge in [-0.05, 0) is 60.1 Å². The summed E-state index contributed by atoms with van der Waals surface area (Å²) in [4.78, 5) is 38.1. The first-order valence-corrected chi connectivity index (χ1v) is 12.6. The number of benzene rings is 2. The van der Waals surface area contributed by atoms with Crippen LogP contribution in [0.1, 0.15) is 22.8 Å². The summed E-state index contributed by atoms with van der Waals surface area (Å²) in [5.41, 5.74) is 2.89. The van der Waals surface area contributed by atoms with Gasteiger partial charge in [-0.1, -0.05) is 24.8 Å². The van der Waals surface area contributed by atoms with Crippen molar-refractivity contribution < 1.29 is 15.0 Å². The number of rotatable bonds is 7. The normalized spacial score (nSPS) is 16.1. The molecule has 10 nitrogen and oxygen atoms in total. The molecule has 1 aliphatic rings. The first kappa shape index (κ1) is 25.9. The fourth-order valence-electron chi connectivity index (χ4n) is 5.12. The van der Waals surface area contributed by atoms with Crippen molar-refractivity contribution in [3.8, 4) is 22.6 Å². The molecule has 0 bridgehead atoms. The van der Waals surface area contributed by atoms with Crippen LogP contribution in [0.5, 0.6) is 5.75 Å². The molecule has 0 spiro atoms. The first-order chi connectivity index (χ1) is 18.8. The molecule has 0 saturated carbocycles. The second-order valence-electron chi connectivity index (χ2n) is 9.53. The van der Waals surface area contributed by atoms with Crippen LogP contribution in [0.15, 0.2) is 83.4 Å². The van der Waals surface area contributed by atoms with Gasteiger partial charge in [0, 0.05) is 33.4 Å². The fraction of sp³-hybridized carbons (Fsp3) is 0.241. The highest BCUT2D eigenvalue weighted by molar-refractivity contribution is 5.88. The Bertz CT molecular complexity index is 1640. The molecule has 0 radical (unpaired) electrons. The van der Waals surface area contributed by atoms with Gasteiger partial charge in [0.1, 0.15) is 11.6 Å². The van der Waals surface area contributed by atoms with Gasteiger partial charge in [-0.3, -0.25) is 19.0 Å². The number of phenols is 1. The number of carboxylic acids is 1. The highest BCUT2D eigenvalue weighted by Gasteiger charge is 2.30. The van der Waals surface area contributed by atoms with Crippen LogP contribution in [-0.2, 0) is 0 Å². The number of likely N-dealkylation sites (tertiary alicyclic amines) is 1. The minimum atomic E-state index is -1.00. The van der Waals surface area contributed by atoms with Crippen molar-refractivity contribution in [2.24, 2.45) is 4.99 Å². The van der Waals surface area contributed by atoms with Crippen molar-refractivity contribution in [2.45, 2.75) is 12.5 Å². The zero-order chi connectivity index (χ0) is 27.7. The number of imidazole rings is 1. The number of phenolic OH excluding ortho intramolecular Hbond substituents is 1. The lowest BCUT2D eigenvalue weighted by Crippen LogP contribution is -2.36. The van der Waals surface area contributed by atoms with Crippen LogP contribution in [0.25, 0.3) is 28.0 Å². The average molecular weight is 527 g/mol. The Morgan fingerprint density at radius 3 is 2.62 bits per heavy atom. The molecule has 2 aromatic carbocycles. The monoisotopic (exact) mass is 526 g/mol. The van der Waals surface area contributed by atoms with Crippen LogP contribution in [0.2, 0.25) is 0 Å². The number of aliphatic imine (C=N–C) groups is 1. The molecular weight excluding hydrogens is 496 g/mol. The highest BCUT2D eigenvalue weighted by Crippen LogP contribution is 2.31. The van der Waals surface area contributed by atoms with E-state index in [1.54, 1.807) is 60.4 Å². The summed E-state index contributed by atoms with van der Waals surface area (Å²) in [5, 5.41) is 20.2. The minimum absolute atomic E-state index is 0.0656. The number of fused-ring (bicyclic) bond motifs is 1. The summed E-state index contributed by atoms with van der Waals surface area (Å²) < 4.78 is 3.23. The second-order valence-corrected chi connectivity index (χ2v) is 9.53. The average Bonchev–Trinajstić information content (AvgIpc) is 3.52. The largest absolute Gasteiger partial charge is 0.506 e. The number of likely N-dealkylation sites (N-methyl/N-ethyl adjacent to an activating group) is 1. The summed E-state index contributed by atoms with van der Waals surface area (Å²) in [7, 11) is 3.67. The van der Waals surface area contributed by atoms with Gasteiger partial charge >= 0.3 is 11.7 Å². The van der Waals surface area contributed by atoms with Crippen LogP contribution >= 0.6 is 0 Å². The van der Waals surface area contributed by atoms with Gasteiger partial charge in [0.05, 0.1) is 29.4 Å². The van der Waals surface area contributed by atoms with Crippen LogP contribution in [0.4, 0.5) is 0 Å². The van der Waals surface area contributed by atoms with Crippen LogP contribution in [0, 0.1) is 0 Å². The van der Waals surface area contributed by atoms with Crippen molar-refractivity contribution in [3.05, 3.63) is 89.6 Å². The Morgan fingerprint density at radius 2 is 1.95 bits per heavy atom. The molecule has 10 heteroatoms. The van der Waals surface area contributed by atoms with Gasteiger partial charge in [0.15, 0.2) is 5.65 Å². The number of nitrogens with zero attached hydrogens (tertiary/aromatic N) is 6. The molecule has 4 aromatic rings. The topological polar surface area (TPSA) is 116 Å². The quantitative estimate of drug-likeness (QED) is 0.279. The molecule has 200 valence electrons. The van der Waals surface area contributed by atoms with E-state index in [2.05, 4.69) is 21.5 Å². The van der Waals surface area contributed by atoms with Crippen LogP contribution < -0.4 is 5.69 Å². The molecular formula is C29H30N6O4. The third-order valence-corrected chi connectivity index (χ3v) is 7.23. The number of aromatic nitrogens is 3. The second kappa shape index (κ2) is 10.6. The van der Waals surface area contributed by atoms with E-state index in [1.807, 2.05) is 18.0 Å². The van der Waals surface area contributed by atoms with E-state index in [4.69, 9.17) is 5.11 Å². The Balaban J connectivity index is 1.49. The fourth-order valence-corrected chi connectivity index (χ4v) is 5.12. The van der Waals surface area contributed by atoms with E-state index < -0.39 is 5.97 Å². The summed E-state index contributed by atoms with van der Waals surface area (Å²) in [5.74, 6) is -0.178. The Hall–Kier alpha value is -4.70. The number of hydrogen-bond donors (Lipinski definition) is 2. The van der Waals surface area contributed by atoms with Gasteiger partial charge in [-0.15, -0.1) is 0 Å². The van der Waals surface area contributed by atoms with E-state index in [0.29, 0.717) is 35.5 Å². The molecule has 1 saturated heterocycles. The minimum Gasteiger partial charge on any atom is -0.506 e. The van der Waals surface area contributed by atoms with Crippen molar-refractivity contribution in [3.63, 3.8) is 0 Å². The lowest BCUT2D eigenvalue weighted by atomic mass is 10.0. The van der Waals surface area contributed by atoms with E-state index in [0.717, 1.165) is 24.4 Å². The van der Waals surface area contributed by atoms with Crippen molar-refractivity contribution >= 4 is 23.0 Å².